The minimum Gasteiger partial charge on any atom is -0.389 e. The smallest absolute Gasteiger partial charge is 0.0740 e. The van der Waals surface area contributed by atoms with Crippen LogP contribution in [0.15, 0.2) is 30.3 Å². The van der Waals surface area contributed by atoms with Crippen LogP contribution in [0, 0.1) is 5.92 Å². The van der Waals surface area contributed by atoms with Crippen molar-refractivity contribution in [3.05, 3.63) is 35.9 Å². The summed E-state index contributed by atoms with van der Waals surface area (Å²) in [6.07, 6.45) is 1.63. The van der Waals surface area contributed by atoms with Gasteiger partial charge in [-0.3, -0.25) is 0 Å². The quantitative estimate of drug-likeness (QED) is 0.847. The molecule has 1 aromatic carbocycles. The van der Waals surface area contributed by atoms with Crippen molar-refractivity contribution in [1.29, 1.82) is 0 Å². The van der Waals surface area contributed by atoms with E-state index in [1.165, 1.54) is 5.56 Å². The van der Waals surface area contributed by atoms with Crippen molar-refractivity contribution in [2.45, 2.75) is 38.3 Å². The van der Waals surface area contributed by atoms with Crippen molar-refractivity contribution < 1.29 is 5.11 Å². The first kappa shape index (κ1) is 12.6. The first-order valence-corrected chi connectivity index (χ1v) is 6.48. The van der Waals surface area contributed by atoms with Crippen LogP contribution in [0.5, 0.6) is 0 Å². The molecule has 0 aromatic heterocycles. The molecule has 1 heterocycles. The van der Waals surface area contributed by atoms with E-state index in [-0.39, 0.29) is 0 Å². The lowest BCUT2D eigenvalue weighted by Gasteiger charge is -2.46. The van der Waals surface area contributed by atoms with Gasteiger partial charge in [0.1, 0.15) is 0 Å². The zero-order valence-corrected chi connectivity index (χ0v) is 11.1. The maximum Gasteiger partial charge on any atom is 0.0740 e. The normalized spacial score (nSPS) is 34.8. The van der Waals surface area contributed by atoms with E-state index < -0.39 is 5.60 Å². The van der Waals surface area contributed by atoms with Gasteiger partial charge in [-0.1, -0.05) is 37.3 Å². The van der Waals surface area contributed by atoms with Gasteiger partial charge in [-0.2, -0.15) is 0 Å². The van der Waals surface area contributed by atoms with Crippen LogP contribution in [0.1, 0.15) is 25.8 Å². The molecule has 1 aromatic rings. The van der Waals surface area contributed by atoms with Gasteiger partial charge in [0.15, 0.2) is 0 Å². The Labute approximate surface area is 104 Å². The molecule has 2 rings (SSSR count). The molecule has 3 atom stereocenters. The molecule has 1 fully saturated rings. The molecule has 2 heteroatoms. The van der Waals surface area contributed by atoms with Gasteiger partial charge in [-0.05, 0) is 31.9 Å². The van der Waals surface area contributed by atoms with E-state index in [0.717, 1.165) is 19.4 Å². The Balaban J connectivity index is 2.13. The second-order valence-electron chi connectivity index (χ2n) is 5.66. The van der Waals surface area contributed by atoms with E-state index >= 15 is 0 Å². The molecule has 1 aliphatic heterocycles. The number of benzene rings is 1. The van der Waals surface area contributed by atoms with Gasteiger partial charge in [0.05, 0.1) is 5.60 Å². The highest BCUT2D eigenvalue weighted by atomic mass is 16.3. The molecule has 0 saturated carbocycles. The Morgan fingerprint density at radius 2 is 1.94 bits per heavy atom. The molecule has 0 unspecified atom stereocenters. The average Bonchev–Trinajstić information content (AvgIpc) is 2.28. The lowest BCUT2D eigenvalue weighted by Crippen LogP contribution is -2.54. The monoisotopic (exact) mass is 233 g/mol. The highest BCUT2D eigenvalue weighted by Gasteiger charge is 2.40. The van der Waals surface area contributed by atoms with Crippen molar-refractivity contribution in [3.8, 4) is 0 Å². The Hall–Kier alpha value is -0.860. The lowest BCUT2D eigenvalue weighted by atomic mass is 9.75. The first-order valence-electron chi connectivity index (χ1n) is 6.48. The second kappa shape index (κ2) is 4.79. The van der Waals surface area contributed by atoms with Crippen LogP contribution < -0.4 is 0 Å². The van der Waals surface area contributed by atoms with E-state index in [4.69, 9.17) is 0 Å². The molecular formula is C15H23NO. The maximum absolute atomic E-state index is 10.9. The Bertz CT molecular complexity index is 364. The van der Waals surface area contributed by atoms with Gasteiger partial charge < -0.3 is 10.0 Å². The fourth-order valence-electron chi connectivity index (χ4n) is 2.85. The highest BCUT2D eigenvalue weighted by Crippen LogP contribution is 2.33. The number of nitrogens with zero attached hydrogens (tertiary/aromatic N) is 1. The molecule has 17 heavy (non-hydrogen) atoms. The summed E-state index contributed by atoms with van der Waals surface area (Å²) >= 11 is 0. The van der Waals surface area contributed by atoms with E-state index in [0.29, 0.717) is 12.0 Å². The Morgan fingerprint density at radius 3 is 2.59 bits per heavy atom. The summed E-state index contributed by atoms with van der Waals surface area (Å²) in [5, 5.41) is 10.9. The summed E-state index contributed by atoms with van der Waals surface area (Å²) in [5.41, 5.74) is 0.686. The predicted octanol–water partition coefficient (Wildman–Crippen LogP) is 2.32. The van der Waals surface area contributed by atoms with Gasteiger partial charge >= 0.3 is 0 Å². The van der Waals surface area contributed by atoms with Crippen LogP contribution in [-0.4, -0.2) is 35.2 Å². The molecule has 2 nitrogen and oxygen atoms in total. The minimum atomic E-state index is -0.548. The van der Waals surface area contributed by atoms with Crippen LogP contribution in [0.2, 0.25) is 0 Å². The molecule has 1 N–H and O–H groups in total. The fourth-order valence-corrected chi connectivity index (χ4v) is 2.85. The van der Waals surface area contributed by atoms with Crippen molar-refractivity contribution in [3.63, 3.8) is 0 Å². The summed E-state index contributed by atoms with van der Waals surface area (Å²) in [6, 6.07) is 10.8. The standard InChI is InChI=1S/C15H23NO/c1-12-11-16(3)13(2)9-15(12,17)10-14-7-5-4-6-8-14/h4-8,12-13,17H,9-11H2,1-3H3/t12-,13-,15+/m0/s1. The summed E-state index contributed by atoms with van der Waals surface area (Å²) in [4.78, 5) is 2.34. The molecule has 0 radical (unpaired) electrons. The average molecular weight is 233 g/mol. The third kappa shape index (κ3) is 2.70. The third-order valence-electron chi connectivity index (χ3n) is 4.23. The van der Waals surface area contributed by atoms with Crippen molar-refractivity contribution in [2.24, 2.45) is 5.92 Å². The van der Waals surface area contributed by atoms with Gasteiger partial charge in [0.2, 0.25) is 0 Å². The van der Waals surface area contributed by atoms with Gasteiger partial charge in [0, 0.05) is 19.0 Å². The first-order chi connectivity index (χ1) is 8.01. The number of aliphatic hydroxyl groups is 1. The zero-order valence-electron chi connectivity index (χ0n) is 11.1. The maximum atomic E-state index is 10.9. The lowest BCUT2D eigenvalue weighted by molar-refractivity contribution is -0.0778. The summed E-state index contributed by atoms with van der Waals surface area (Å²) in [7, 11) is 2.14. The summed E-state index contributed by atoms with van der Waals surface area (Å²) in [5.74, 6) is 0.323. The predicted molar refractivity (Wildman–Crippen MR) is 71.0 cm³/mol. The second-order valence-corrected chi connectivity index (χ2v) is 5.66. The molecule has 0 aliphatic carbocycles. The van der Waals surface area contributed by atoms with Crippen molar-refractivity contribution >= 4 is 0 Å². The van der Waals surface area contributed by atoms with Crippen molar-refractivity contribution in [1.82, 2.24) is 4.90 Å². The van der Waals surface area contributed by atoms with Gasteiger partial charge in [-0.15, -0.1) is 0 Å². The molecule has 0 bridgehead atoms. The van der Waals surface area contributed by atoms with E-state index in [2.05, 4.69) is 37.9 Å². The highest BCUT2D eigenvalue weighted by molar-refractivity contribution is 5.18. The van der Waals surface area contributed by atoms with Crippen molar-refractivity contribution in [2.75, 3.05) is 13.6 Å². The molecule has 1 saturated heterocycles. The fraction of sp³-hybridized carbons (Fsp3) is 0.600. The van der Waals surface area contributed by atoms with Gasteiger partial charge in [-0.25, -0.2) is 0 Å². The topological polar surface area (TPSA) is 23.5 Å². The van der Waals surface area contributed by atoms with Gasteiger partial charge in [0.25, 0.3) is 0 Å². The van der Waals surface area contributed by atoms with Crippen LogP contribution in [0.3, 0.4) is 0 Å². The molecule has 0 spiro atoms. The van der Waals surface area contributed by atoms with E-state index in [1.807, 2.05) is 18.2 Å². The molecule has 94 valence electrons. The number of hydrogen-bond acceptors (Lipinski definition) is 2. The van der Waals surface area contributed by atoms with Crippen LogP contribution >= 0.6 is 0 Å². The summed E-state index contributed by atoms with van der Waals surface area (Å²) in [6.45, 7) is 5.33. The SMILES string of the molecule is C[C@H]1C[C@@](O)(Cc2ccccc2)[C@@H](C)CN1C. The zero-order chi connectivity index (χ0) is 12.5. The number of hydrogen-bond donors (Lipinski definition) is 1. The molecular weight excluding hydrogens is 210 g/mol. The number of likely N-dealkylation sites (tertiary alicyclic amines) is 1. The number of rotatable bonds is 2. The van der Waals surface area contributed by atoms with Crippen LogP contribution in [-0.2, 0) is 6.42 Å². The molecule has 0 amide bonds. The molecule has 1 aliphatic rings. The van der Waals surface area contributed by atoms with Crippen LogP contribution in [0.4, 0.5) is 0 Å². The van der Waals surface area contributed by atoms with E-state index in [1.54, 1.807) is 0 Å². The van der Waals surface area contributed by atoms with Crippen LogP contribution in [0.25, 0.3) is 0 Å². The minimum absolute atomic E-state index is 0.323. The Morgan fingerprint density at radius 1 is 1.29 bits per heavy atom. The third-order valence-corrected chi connectivity index (χ3v) is 4.23. The van der Waals surface area contributed by atoms with E-state index in [9.17, 15) is 5.11 Å². The largest absolute Gasteiger partial charge is 0.389 e. The number of piperidine rings is 1. The Kier molecular flexibility index (Phi) is 3.55. The summed E-state index contributed by atoms with van der Waals surface area (Å²) < 4.78 is 0.